The molecule has 3 heterocycles. The minimum Gasteiger partial charge on any atom is -0.272 e. The molecule has 4 rings (SSSR count). The molecule has 0 spiro atoms. The van der Waals surface area contributed by atoms with Crippen molar-refractivity contribution in [1.82, 2.24) is 15.0 Å². The summed E-state index contributed by atoms with van der Waals surface area (Å²) >= 11 is 2.98. The van der Waals surface area contributed by atoms with Crippen LogP contribution in [0.3, 0.4) is 0 Å². The summed E-state index contributed by atoms with van der Waals surface area (Å²) in [6, 6.07) is 14.1. The lowest BCUT2D eigenvalue weighted by Crippen LogP contribution is -2.28. The molecule has 1 aromatic carbocycles. The maximum atomic E-state index is 12.9. The molecule has 0 N–H and O–H groups in total. The monoisotopic (exact) mass is 394 g/mol. The smallest absolute Gasteiger partial charge is 0.253 e. The highest BCUT2D eigenvalue weighted by Gasteiger charge is 2.33. The Kier molecular flexibility index (Phi) is 5.31. The molecule has 1 aliphatic heterocycles. The second-order valence-corrected chi connectivity index (χ2v) is 8.10. The largest absolute Gasteiger partial charge is 0.272 e. The minimum atomic E-state index is -0.0764. The molecule has 0 aliphatic carbocycles. The van der Waals surface area contributed by atoms with Crippen molar-refractivity contribution in [3.8, 4) is 0 Å². The lowest BCUT2D eigenvalue weighted by Gasteiger charge is -2.22. The quantitative estimate of drug-likeness (QED) is 0.478. The number of aryl methyl sites for hydroxylation is 1. The molecule has 1 amide bonds. The molecule has 3 aromatic rings. The second-order valence-electron chi connectivity index (χ2n) is 6.21. The lowest BCUT2D eigenvalue weighted by molar-refractivity contribution is -0.130. The van der Waals surface area contributed by atoms with Crippen molar-refractivity contribution in [1.29, 1.82) is 0 Å². The van der Waals surface area contributed by atoms with Gasteiger partial charge in [0.1, 0.15) is 0 Å². The van der Waals surface area contributed by atoms with E-state index in [-0.39, 0.29) is 17.7 Å². The molecule has 7 heteroatoms. The van der Waals surface area contributed by atoms with Gasteiger partial charge < -0.3 is 0 Å². The maximum Gasteiger partial charge on any atom is 0.253 e. The van der Waals surface area contributed by atoms with Crippen molar-refractivity contribution in [2.24, 2.45) is 5.10 Å². The Morgan fingerprint density at radius 1 is 1.19 bits per heavy atom. The molecular weight excluding hydrogens is 376 g/mol. The summed E-state index contributed by atoms with van der Waals surface area (Å²) in [5, 5.41) is 8.94. The predicted octanol–water partition coefficient (Wildman–Crippen LogP) is 4.32. The van der Waals surface area contributed by atoms with Crippen molar-refractivity contribution in [2.45, 2.75) is 24.5 Å². The van der Waals surface area contributed by atoms with Gasteiger partial charge in [0.15, 0.2) is 5.16 Å². The van der Waals surface area contributed by atoms with Crippen LogP contribution in [0.1, 0.15) is 28.5 Å². The van der Waals surface area contributed by atoms with Gasteiger partial charge in [-0.05, 0) is 30.0 Å². The third-order valence-electron chi connectivity index (χ3n) is 4.30. The number of carbonyl (C=O) groups excluding carboxylic acids is 1. The number of amides is 1. The molecule has 0 bridgehead atoms. The van der Waals surface area contributed by atoms with Gasteiger partial charge in [0, 0.05) is 18.8 Å². The zero-order valence-electron chi connectivity index (χ0n) is 14.8. The topological polar surface area (TPSA) is 58.5 Å². The molecule has 5 nitrogen and oxygen atoms in total. The fraction of sp³-hybridized carbons (Fsp3) is 0.200. The normalized spacial score (nSPS) is 16.4. The predicted molar refractivity (Wildman–Crippen MR) is 109 cm³/mol. The van der Waals surface area contributed by atoms with Crippen molar-refractivity contribution < 1.29 is 4.79 Å². The van der Waals surface area contributed by atoms with Crippen LogP contribution in [-0.4, -0.2) is 32.3 Å². The molecule has 136 valence electrons. The van der Waals surface area contributed by atoms with E-state index in [0.717, 1.165) is 22.6 Å². The number of rotatable bonds is 5. The van der Waals surface area contributed by atoms with Crippen LogP contribution >= 0.6 is 23.1 Å². The molecule has 1 aliphatic rings. The van der Waals surface area contributed by atoms with Crippen LogP contribution in [0.4, 0.5) is 0 Å². The number of thioether (sulfide) groups is 1. The van der Waals surface area contributed by atoms with Crippen LogP contribution in [-0.2, 0) is 4.79 Å². The number of hydrogen-bond acceptors (Lipinski definition) is 6. The highest BCUT2D eigenvalue weighted by atomic mass is 32.2. The van der Waals surface area contributed by atoms with E-state index in [0.29, 0.717) is 5.16 Å². The van der Waals surface area contributed by atoms with Gasteiger partial charge in [0.05, 0.1) is 22.4 Å². The summed E-state index contributed by atoms with van der Waals surface area (Å²) in [6.45, 7) is 2.06. The number of benzene rings is 1. The summed E-state index contributed by atoms with van der Waals surface area (Å²) in [4.78, 5) is 22.4. The van der Waals surface area contributed by atoms with E-state index in [9.17, 15) is 4.79 Å². The van der Waals surface area contributed by atoms with Gasteiger partial charge in [-0.2, -0.15) is 5.10 Å². The molecule has 2 aromatic heterocycles. The van der Waals surface area contributed by atoms with Crippen LogP contribution < -0.4 is 0 Å². The van der Waals surface area contributed by atoms with Crippen molar-refractivity contribution in [2.75, 3.05) is 5.75 Å². The zero-order chi connectivity index (χ0) is 18.6. The van der Waals surface area contributed by atoms with E-state index in [1.54, 1.807) is 34.8 Å². The standard InChI is InChI=1S/C20H18N4OS2/c1-14-5-7-15(8-6-14)17-12-16(18-4-2-11-26-18)23-24(17)19(25)13-27-20-21-9-3-10-22-20/h2-11,17H,12-13H2,1H3/t17-/m0/s1. The van der Waals surface area contributed by atoms with Gasteiger partial charge >= 0.3 is 0 Å². The Balaban J connectivity index is 1.56. The van der Waals surface area contributed by atoms with Gasteiger partial charge in [0.2, 0.25) is 0 Å². The van der Waals surface area contributed by atoms with E-state index in [4.69, 9.17) is 0 Å². The Bertz CT molecular complexity index is 940. The van der Waals surface area contributed by atoms with Crippen LogP contribution in [0.15, 0.2) is 70.5 Å². The molecule has 0 fully saturated rings. The first-order valence-electron chi connectivity index (χ1n) is 8.60. The van der Waals surface area contributed by atoms with Gasteiger partial charge in [-0.1, -0.05) is 47.7 Å². The SMILES string of the molecule is Cc1ccc([C@@H]2CC(c3cccs3)=NN2C(=O)CSc2ncccn2)cc1. The number of hydrazone groups is 1. The molecule has 0 saturated carbocycles. The number of nitrogens with zero attached hydrogens (tertiary/aromatic N) is 4. The first-order chi connectivity index (χ1) is 13.2. The van der Waals surface area contributed by atoms with Gasteiger partial charge in [-0.3, -0.25) is 4.79 Å². The van der Waals surface area contributed by atoms with Crippen LogP contribution in [0.25, 0.3) is 0 Å². The van der Waals surface area contributed by atoms with Crippen molar-refractivity contribution in [3.05, 3.63) is 76.2 Å². The second kappa shape index (κ2) is 8.02. The number of thiophene rings is 1. The average molecular weight is 395 g/mol. The van der Waals surface area contributed by atoms with Crippen LogP contribution in [0.2, 0.25) is 0 Å². The molecule has 0 saturated heterocycles. The van der Waals surface area contributed by atoms with Crippen molar-refractivity contribution >= 4 is 34.7 Å². The van der Waals surface area contributed by atoms with E-state index in [1.807, 2.05) is 11.4 Å². The molecule has 27 heavy (non-hydrogen) atoms. The van der Waals surface area contributed by atoms with E-state index in [1.165, 1.54) is 17.3 Å². The number of hydrogen-bond donors (Lipinski definition) is 0. The Labute approximate surface area is 166 Å². The Morgan fingerprint density at radius 2 is 1.96 bits per heavy atom. The molecule has 0 unspecified atom stereocenters. The third-order valence-corrected chi connectivity index (χ3v) is 6.08. The first-order valence-corrected chi connectivity index (χ1v) is 10.5. The summed E-state index contributed by atoms with van der Waals surface area (Å²) in [6.07, 6.45) is 4.08. The van der Waals surface area contributed by atoms with Crippen LogP contribution in [0, 0.1) is 6.92 Å². The zero-order valence-corrected chi connectivity index (χ0v) is 16.4. The lowest BCUT2D eigenvalue weighted by atomic mass is 10.00. The Morgan fingerprint density at radius 3 is 2.67 bits per heavy atom. The van der Waals surface area contributed by atoms with Gasteiger partial charge in [0.25, 0.3) is 5.91 Å². The molecule has 1 atom stereocenters. The van der Waals surface area contributed by atoms with Gasteiger partial charge in [-0.25, -0.2) is 15.0 Å². The fourth-order valence-electron chi connectivity index (χ4n) is 2.93. The first kappa shape index (κ1) is 17.9. The van der Waals surface area contributed by atoms with E-state index < -0.39 is 0 Å². The van der Waals surface area contributed by atoms with Crippen molar-refractivity contribution in [3.63, 3.8) is 0 Å². The minimum absolute atomic E-state index is 0.0374. The highest BCUT2D eigenvalue weighted by molar-refractivity contribution is 7.99. The molecular formula is C20H18N4OS2. The Hall–Kier alpha value is -2.51. The summed E-state index contributed by atoms with van der Waals surface area (Å²) in [5.41, 5.74) is 3.26. The summed E-state index contributed by atoms with van der Waals surface area (Å²) in [5.74, 6) is 0.220. The summed E-state index contributed by atoms with van der Waals surface area (Å²) < 4.78 is 0. The highest BCUT2D eigenvalue weighted by Crippen LogP contribution is 2.34. The van der Waals surface area contributed by atoms with E-state index >= 15 is 0 Å². The maximum absolute atomic E-state index is 12.9. The average Bonchev–Trinajstić information content (AvgIpc) is 3.37. The number of carbonyl (C=O) groups is 1. The third kappa shape index (κ3) is 4.09. The molecule has 0 radical (unpaired) electrons. The number of aromatic nitrogens is 2. The fourth-order valence-corrected chi connectivity index (χ4v) is 4.31. The van der Waals surface area contributed by atoms with Crippen LogP contribution in [0.5, 0.6) is 0 Å². The summed E-state index contributed by atoms with van der Waals surface area (Å²) in [7, 11) is 0. The van der Waals surface area contributed by atoms with E-state index in [2.05, 4.69) is 52.3 Å². The van der Waals surface area contributed by atoms with Gasteiger partial charge in [-0.15, -0.1) is 11.3 Å².